The lowest BCUT2D eigenvalue weighted by molar-refractivity contribution is -0.137. The first kappa shape index (κ1) is 15.6. The minimum atomic E-state index is -0.897. The zero-order valence-corrected chi connectivity index (χ0v) is 13.3. The summed E-state index contributed by atoms with van der Waals surface area (Å²) < 4.78 is 0. The number of carbonyl (C=O) groups excluding carboxylic acids is 2. The van der Waals surface area contributed by atoms with Crippen molar-refractivity contribution in [3.63, 3.8) is 0 Å². The Bertz CT molecular complexity index is 788. The molecule has 0 unspecified atom stereocenters. The Labute approximate surface area is 137 Å². The summed E-state index contributed by atoms with van der Waals surface area (Å²) in [6.45, 7) is 0. The average molecular weight is 328 g/mol. The Morgan fingerprint density at radius 2 is 1.87 bits per heavy atom. The van der Waals surface area contributed by atoms with Gasteiger partial charge in [-0.2, -0.15) is 0 Å². The number of fused-ring (bicyclic) bond motifs is 2. The molecule has 1 aliphatic carbocycles. The molecule has 1 aromatic heterocycles. The standard InChI is InChI=1S/C18H16O4S/c19-14(6-3-7-17(20)21)16-10-13-15(23-16)9-8-11-4-1-2-5-12(11)18(13)22/h1-2,4-5,10H,3,6-9H2,(H,20,21). The van der Waals surface area contributed by atoms with Crippen LogP contribution >= 0.6 is 11.3 Å². The fourth-order valence-corrected chi connectivity index (χ4v) is 3.94. The monoisotopic (exact) mass is 328 g/mol. The number of hydrogen-bond acceptors (Lipinski definition) is 4. The highest BCUT2D eigenvalue weighted by Crippen LogP contribution is 2.31. The molecular weight excluding hydrogens is 312 g/mol. The number of benzene rings is 1. The van der Waals surface area contributed by atoms with Gasteiger partial charge in [-0.1, -0.05) is 24.3 Å². The Balaban J connectivity index is 1.82. The highest BCUT2D eigenvalue weighted by atomic mass is 32.1. The summed E-state index contributed by atoms with van der Waals surface area (Å²) in [4.78, 5) is 36.9. The van der Waals surface area contributed by atoms with Crippen molar-refractivity contribution in [1.29, 1.82) is 0 Å². The fraction of sp³-hybridized carbons (Fsp3) is 0.278. The molecule has 0 saturated heterocycles. The maximum Gasteiger partial charge on any atom is 0.303 e. The van der Waals surface area contributed by atoms with Crippen LogP contribution in [0.4, 0.5) is 0 Å². The molecular formula is C18H16O4S. The van der Waals surface area contributed by atoms with Crippen molar-refractivity contribution in [2.75, 3.05) is 0 Å². The van der Waals surface area contributed by atoms with Crippen molar-refractivity contribution in [3.8, 4) is 0 Å². The molecule has 1 heterocycles. The zero-order valence-electron chi connectivity index (χ0n) is 12.5. The molecule has 3 rings (SSSR count). The lowest BCUT2D eigenvalue weighted by Crippen LogP contribution is -2.03. The number of ketones is 2. The van der Waals surface area contributed by atoms with Gasteiger partial charge in [-0.3, -0.25) is 14.4 Å². The van der Waals surface area contributed by atoms with Gasteiger partial charge < -0.3 is 5.11 Å². The van der Waals surface area contributed by atoms with Crippen LogP contribution in [0.15, 0.2) is 30.3 Å². The van der Waals surface area contributed by atoms with Crippen LogP contribution in [0.1, 0.15) is 55.3 Å². The van der Waals surface area contributed by atoms with Gasteiger partial charge in [-0.15, -0.1) is 11.3 Å². The number of aliphatic carboxylic acids is 1. The lowest BCUT2D eigenvalue weighted by Gasteiger charge is -2.03. The van der Waals surface area contributed by atoms with Gasteiger partial charge in [-0.05, 0) is 30.9 Å². The molecule has 0 bridgehead atoms. The molecule has 0 aliphatic heterocycles. The number of rotatable bonds is 5. The van der Waals surface area contributed by atoms with Crippen molar-refractivity contribution in [2.45, 2.75) is 32.1 Å². The van der Waals surface area contributed by atoms with Crippen LogP contribution in [0.25, 0.3) is 0 Å². The summed E-state index contributed by atoms with van der Waals surface area (Å²) in [6, 6.07) is 9.28. The Morgan fingerprint density at radius 1 is 1.09 bits per heavy atom. The first-order valence-corrected chi connectivity index (χ1v) is 8.38. The minimum absolute atomic E-state index is 0.0108. The molecule has 5 heteroatoms. The predicted molar refractivity (Wildman–Crippen MR) is 87.4 cm³/mol. The van der Waals surface area contributed by atoms with Gasteiger partial charge >= 0.3 is 5.97 Å². The first-order valence-electron chi connectivity index (χ1n) is 7.56. The van der Waals surface area contributed by atoms with Gasteiger partial charge in [0.25, 0.3) is 0 Å². The van der Waals surface area contributed by atoms with Gasteiger partial charge in [0.1, 0.15) is 0 Å². The number of carboxylic acids is 1. The molecule has 118 valence electrons. The largest absolute Gasteiger partial charge is 0.481 e. The lowest BCUT2D eigenvalue weighted by atomic mass is 10.0. The van der Waals surface area contributed by atoms with E-state index >= 15 is 0 Å². The van der Waals surface area contributed by atoms with Crippen LogP contribution in [0.2, 0.25) is 0 Å². The fourth-order valence-electron chi connectivity index (χ4n) is 2.82. The van der Waals surface area contributed by atoms with E-state index in [-0.39, 0.29) is 24.4 Å². The number of carboxylic acid groups (broad SMARTS) is 1. The molecule has 0 amide bonds. The quantitative estimate of drug-likeness (QED) is 0.853. The Kier molecular flexibility index (Phi) is 4.39. The Hall–Kier alpha value is -2.27. The number of aryl methyl sites for hydroxylation is 2. The highest BCUT2D eigenvalue weighted by molar-refractivity contribution is 7.14. The maximum atomic E-state index is 12.7. The summed E-state index contributed by atoms with van der Waals surface area (Å²) in [5, 5.41) is 8.64. The predicted octanol–water partition coefficient (Wildman–Crippen LogP) is 3.52. The number of Topliss-reactive ketones (excluding diaryl/α,β-unsaturated/α-hetero) is 1. The summed E-state index contributed by atoms with van der Waals surface area (Å²) in [7, 11) is 0. The van der Waals surface area contributed by atoms with Crippen LogP contribution in [0, 0.1) is 0 Å². The van der Waals surface area contributed by atoms with Gasteiger partial charge in [0.15, 0.2) is 11.6 Å². The van der Waals surface area contributed by atoms with Crippen molar-refractivity contribution >= 4 is 28.9 Å². The van der Waals surface area contributed by atoms with E-state index < -0.39 is 5.97 Å². The average Bonchev–Trinajstić information content (AvgIpc) is 2.91. The molecule has 0 spiro atoms. The second-order valence-electron chi connectivity index (χ2n) is 5.60. The zero-order chi connectivity index (χ0) is 16.4. The minimum Gasteiger partial charge on any atom is -0.481 e. The molecule has 1 N–H and O–H groups in total. The molecule has 0 saturated carbocycles. The van der Waals surface area contributed by atoms with Crippen LogP contribution in [0.5, 0.6) is 0 Å². The SMILES string of the molecule is O=C(O)CCCC(=O)c1cc2c(s1)CCc1ccccc1C2=O. The Morgan fingerprint density at radius 3 is 2.65 bits per heavy atom. The molecule has 23 heavy (non-hydrogen) atoms. The van der Waals surface area contributed by atoms with Gasteiger partial charge in [-0.25, -0.2) is 0 Å². The van der Waals surface area contributed by atoms with E-state index in [1.807, 2.05) is 24.3 Å². The van der Waals surface area contributed by atoms with E-state index in [0.29, 0.717) is 22.4 Å². The van der Waals surface area contributed by atoms with Crippen molar-refractivity contribution in [2.24, 2.45) is 0 Å². The first-order chi connectivity index (χ1) is 11.1. The van der Waals surface area contributed by atoms with E-state index in [0.717, 1.165) is 23.3 Å². The van der Waals surface area contributed by atoms with Crippen molar-refractivity contribution in [3.05, 3.63) is 56.8 Å². The topological polar surface area (TPSA) is 71.4 Å². The summed E-state index contributed by atoms with van der Waals surface area (Å²) in [5.74, 6) is -0.995. The van der Waals surface area contributed by atoms with Crippen LogP contribution < -0.4 is 0 Å². The third-order valence-electron chi connectivity index (χ3n) is 4.01. The van der Waals surface area contributed by atoms with Crippen LogP contribution in [-0.4, -0.2) is 22.6 Å². The summed E-state index contributed by atoms with van der Waals surface area (Å²) >= 11 is 1.37. The molecule has 2 aromatic rings. The second kappa shape index (κ2) is 6.46. The van der Waals surface area contributed by atoms with Crippen molar-refractivity contribution < 1.29 is 19.5 Å². The normalized spacial score (nSPS) is 13.1. The van der Waals surface area contributed by atoms with E-state index in [2.05, 4.69) is 0 Å². The molecule has 0 atom stereocenters. The van der Waals surface area contributed by atoms with Gasteiger partial charge in [0.2, 0.25) is 0 Å². The maximum absolute atomic E-state index is 12.7. The number of hydrogen-bond donors (Lipinski definition) is 1. The van der Waals surface area contributed by atoms with E-state index in [4.69, 9.17) is 5.11 Å². The molecule has 0 fully saturated rings. The van der Waals surface area contributed by atoms with Crippen LogP contribution in [-0.2, 0) is 17.6 Å². The van der Waals surface area contributed by atoms with E-state index in [1.54, 1.807) is 6.07 Å². The van der Waals surface area contributed by atoms with Gasteiger partial charge in [0, 0.05) is 28.8 Å². The number of carbonyl (C=O) groups is 3. The molecule has 1 aromatic carbocycles. The van der Waals surface area contributed by atoms with Gasteiger partial charge in [0.05, 0.1) is 4.88 Å². The second-order valence-corrected chi connectivity index (χ2v) is 6.74. The van der Waals surface area contributed by atoms with E-state index in [1.165, 1.54) is 11.3 Å². The molecule has 4 nitrogen and oxygen atoms in total. The third-order valence-corrected chi connectivity index (χ3v) is 5.24. The van der Waals surface area contributed by atoms with E-state index in [9.17, 15) is 14.4 Å². The molecule has 1 aliphatic rings. The van der Waals surface area contributed by atoms with Crippen molar-refractivity contribution in [1.82, 2.24) is 0 Å². The summed E-state index contributed by atoms with van der Waals surface area (Å²) in [6.07, 6.45) is 2.07. The van der Waals surface area contributed by atoms with Crippen LogP contribution in [0.3, 0.4) is 0 Å². The number of thiophene rings is 1. The highest BCUT2D eigenvalue weighted by Gasteiger charge is 2.24. The summed E-state index contributed by atoms with van der Waals surface area (Å²) in [5.41, 5.74) is 2.39. The third kappa shape index (κ3) is 3.24. The molecule has 0 radical (unpaired) electrons. The smallest absolute Gasteiger partial charge is 0.303 e.